The minimum Gasteiger partial charge on any atom is -0.401 e. The van der Waals surface area contributed by atoms with Gasteiger partial charge in [0.05, 0.1) is 0 Å². The van der Waals surface area contributed by atoms with Crippen LogP contribution in [0, 0.1) is 0 Å². The largest absolute Gasteiger partial charge is 0.401 e. The van der Waals surface area contributed by atoms with Gasteiger partial charge in [0, 0.05) is 40.4 Å². The number of anilines is 1. The molecule has 1 aromatic carbocycles. The molecule has 3 N–H and O–H groups in total. The molecule has 4 rings (SSSR count). The molecule has 1 heterocycles. The summed E-state index contributed by atoms with van der Waals surface area (Å²) in [5.74, 6) is 0.0107. The highest BCUT2D eigenvalue weighted by atomic mass is 16.1. The first-order chi connectivity index (χ1) is 14.4. The van der Waals surface area contributed by atoms with Gasteiger partial charge in [-0.1, -0.05) is 80.7 Å². The molecule has 3 nitrogen and oxygen atoms in total. The van der Waals surface area contributed by atoms with E-state index in [1.165, 1.54) is 16.7 Å². The van der Waals surface area contributed by atoms with Crippen molar-refractivity contribution in [1.29, 1.82) is 0 Å². The van der Waals surface area contributed by atoms with Gasteiger partial charge in [0.1, 0.15) is 0 Å². The first-order valence-corrected chi connectivity index (χ1v) is 10.7. The van der Waals surface area contributed by atoms with Gasteiger partial charge in [-0.3, -0.25) is 4.79 Å². The molecule has 0 saturated carbocycles. The zero-order valence-corrected chi connectivity index (χ0v) is 17.9. The van der Waals surface area contributed by atoms with Crippen LogP contribution >= 0.6 is 0 Å². The number of benzene rings is 1. The standard InChI is InChI=1S/C27H30N2O/c1-4-9-19-17-24(28)21(26(19)30)15-14-20-16-18-10-5-6-11-22(18)27(2,3)23-12-7-8-13-25(23)29-20/h4,6-9,11-15,20,29H,1,5,10,16-17,28H2,2-3H3/b15-14-,19-9+. The van der Waals surface area contributed by atoms with Crippen LogP contribution < -0.4 is 11.1 Å². The summed E-state index contributed by atoms with van der Waals surface area (Å²) in [6.45, 7) is 8.31. The molecule has 0 amide bonds. The highest BCUT2D eigenvalue weighted by Crippen LogP contribution is 2.43. The fourth-order valence-corrected chi connectivity index (χ4v) is 4.88. The van der Waals surface area contributed by atoms with E-state index in [9.17, 15) is 4.79 Å². The topological polar surface area (TPSA) is 55.1 Å². The van der Waals surface area contributed by atoms with E-state index in [0.29, 0.717) is 23.3 Å². The minimum absolute atomic E-state index is 0.0107. The summed E-state index contributed by atoms with van der Waals surface area (Å²) in [4.78, 5) is 12.7. The van der Waals surface area contributed by atoms with Gasteiger partial charge < -0.3 is 11.1 Å². The maximum absolute atomic E-state index is 12.7. The molecular weight excluding hydrogens is 368 g/mol. The second kappa shape index (κ2) is 7.98. The Morgan fingerprint density at radius 1 is 1.27 bits per heavy atom. The number of rotatable bonds is 3. The maximum Gasteiger partial charge on any atom is 0.191 e. The van der Waals surface area contributed by atoms with Crippen LogP contribution in [0.5, 0.6) is 0 Å². The number of fused-ring (bicyclic) bond motifs is 1. The predicted molar refractivity (Wildman–Crippen MR) is 125 cm³/mol. The van der Waals surface area contributed by atoms with E-state index >= 15 is 0 Å². The summed E-state index contributed by atoms with van der Waals surface area (Å²) in [5.41, 5.74) is 13.4. The minimum atomic E-state index is -0.0523. The van der Waals surface area contributed by atoms with E-state index in [2.05, 4.69) is 68.2 Å². The van der Waals surface area contributed by atoms with E-state index in [0.717, 1.165) is 24.9 Å². The van der Waals surface area contributed by atoms with Crippen molar-refractivity contribution in [3.8, 4) is 0 Å². The van der Waals surface area contributed by atoms with Gasteiger partial charge in [-0.25, -0.2) is 0 Å². The molecule has 30 heavy (non-hydrogen) atoms. The van der Waals surface area contributed by atoms with Crippen LogP contribution in [0.25, 0.3) is 0 Å². The molecule has 1 atom stereocenters. The number of hydrogen-bond donors (Lipinski definition) is 2. The van der Waals surface area contributed by atoms with Crippen LogP contribution in [-0.4, -0.2) is 11.8 Å². The van der Waals surface area contributed by atoms with E-state index in [4.69, 9.17) is 5.73 Å². The lowest BCUT2D eigenvalue weighted by Crippen LogP contribution is -2.30. The van der Waals surface area contributed by atoms with Crippen LogP contribution in [-0.2, 0) is 10.2 Å². The molecule has 154 valence electrons. The van der Waals surface area contributed by atoms with Gasteiger partial charge >= 0.3 is 0 Å². The Bertz CT molecular complexity index is 1050. The summed E-state index contributed by atoms with van der Waals surface area (Å²) >= 11 is 0. The van der Waals surface area contributed by atoms with Gasteiger partial charge in [-0.15, -0.1) is 0 Å². The zero-order valence-electron chi connectivity index (χ0n) is 17.9. The van der Waals surface area contributed by atoms with Crippen molar-refractivity contribution in [3.63, 3.8) is 0 Å². The van der Waals surface area contributed by atoms with Crippen molar-refractivity contribution < 1.29 is 4.79 Å². The molecular formula is C27H30N2O. The van der Waals surface area contributed by atoms with E-state index in [1.807, 2.05) is 6.08 Å². The van der Waals surface area contributed by atoms with Crippen molar-refractivity contribution in [2.24, 2.45) is 5.73 Å². The first kappa shape index (κ1) is 20.2. The number of nitrogens with two attached hydrogens (primary N) is 1. The van der Waals surface area contributed by atoms with Crippen LogP contribution in [0.2, 0.25) is 0 Å². The second-order valence-electron chi connectivity index (χ2n) is 8.82. The Hall–Kier alpha value is -3.07. The summed E-state index contributed by atoms with van der Waals surface area (Å²) in [6, 6.07) is 8.64. The third-order valence-electron chi connectivity index (χ3n) is 6.44. The van der Waals surface area contributed by atoms with Crippen molar-refractivity contribution in [2.45, 2.75) is 51.0 Å². The Morgan fingerprint density at radius 2 is 2.07 bits per heavy atom. The molecule has 1 aliphatic heterocycles. The van der Waals surface area contributed by atoms with E-state index in [-0.39, 0.29) is 17.2 Å². The van der Waals surface area contributed by atoms with Gasteiger partial charge in [-0.05, 0) is 36.5 Å². The number of carbonyl (C=O) groups excluding carboxylic acids is 1. The van der Waals surface area contributed by atoms with Gasteiger partial charge in [0.2, 0.25) is 0 Å². The Labute approximate surface area is 179 Å². The summed E-state index contributed by atoms with van der Waals surface area (Å²) in [5, 5.41) is 3.73. The number of Topliss-reactive ketones (excluding diaryl/α,β-unsaturated/α-hetero) is 1. The number of hydrogen-bond acceptors (Lipinski definition) is 3. The quantitative estimate of drug-likeness (QED) is 0.647. The maximum atomic E-state index is 12.7. The third kappa shape index (κ3) is 3.60. The molecule has 0 spiro atoms. The molecule has 3 aliphatic rings. The molecule has 0 radical (unpaired) electrons. The molecule has 2 aliphatic carbocycles. The number of carbonyl (C=O) groups is 1. The summed E-state index contributed by atoms with van der Waals surface area (Å²) in [7, 11) is 0. The molecule has 0 saturated heterocycles. The number of ketones is 1. The molecule has 0 fully saturated rings. The summed E-state index contributed by atoms with van der Waals surface area (Å²) in [6.07, 6.45) is 15.6. The van der Waals surface area contributed by atoms with Crippen LogP contribution in [0.4, 0.5) is 5.69 Å². The average Bonchev–Trinajstić information content (AvgIpc) is 2.99. The SMILES string of the molecule is C=C/C=C1\CC(N)=C(/C=C\C2CC3=C(C=CCC3)C(C)(C)c3ccccc3N2)C1=O. The van der Waals surface area contributed by atoms with E-state index in [1.54, 1.807) is 12.2 Å². The van der Waals surface area contributed by atoms with Crippen LogP contribution in [0.15, 0.2) is 95.3 Å². The lowest BCUT2D eigenvalue weighted by molar-refractivity contribution is -0.111. The Kier molecular flexibility index (Phi) is 5.38. The van der Waals surface area contributed by atoms with Crippen molar-refractivity contribution in [3.05, 3.63) is 101 Å². The Balaban J connectivity index is 1.71. The highest BCUT2D eigenvalue weighted by Gasteiger charge is 2.33. The number of para-hydroxylation sites is 1. The fourth-order valence-electron chi connectivity index (χ4n) is 4.88. The first-order valence-electron chi connectivity index (χ1n) is 10.7. The van der Waals surface area contributed by atoms with Crippen LogP contribution in [0.1, 0.15) is 45.1 Å². The number of nitrogens with one attached hydrogen (secondary N) is 1. The van der Waals surface area contributed by atoms with E-state index < -0.39 is 0 Å². The third-order valence-corrected chi connectivity index (χ3v) is 6.44. The molecule has 1 unspecified atom stereocenters. The normalized spacial score (nSPS) is 24.5. The van der Waals surface area contributed by atoms with Gasteiger partial charge in [-0.2, -0.15) is 0 Å². The molecule has 0 bridgehead atoms. The van der Waals surface area contributed by atoms with Gasteiger partial charge in [0.25, 0.3) is 0 Å². The monoisotopic (exact) mass is 398 g/mol. The fraction of sp³-hybridized carbons (Fsp3) is 0.296. The van der Waals surface area contributed by atoms with Crippen molar-refractivity contribution in [1.82, 2.24) is 0 Å². The smallest absolute Gasteiger partial charge is 0.191 e. The number of allylic oxidation sites excluding steroid dienone is 8. The average molecular weight is 399 g/mol. The van der Waals surface area contributed by atoms with Crippen molar-refractivity contribution in [2.75, 3.05) is 5.32 Å². The van der Waals surface area contributed by atoms with Gasteiger partial charge in [0.15, 0.2) is 5.78 Å². The van der Waals surface area contributed by atoms with Crippen molar-refractivity contribution >= 4 is 11.5 Å². The zero-order chi connectivity index (χ0) is 21.3. The Morgan fingerprint density at radius 3 is 2.87 bits per heavy atom. The molecule has 0 aromatic heterocycles. The van der Waals surface area contributed by atoms with Crippen LogP contribution in [0.3, 0.4) is 0 Å². The lowest BCUT2D eigenvalue weighted by atomic mass is 9.71. The molecule has 3 heteroatoms. The highest BCUT2D eigenvalue weighted by molar-refractivity contribution is 6.13. The lowest BCUT2D eigenvalue weighted by Gasteiger charge is -2.37. The summed E-state index contributed by atoms with van der Waals surface area (Å²) < 4.78 is 0. The predicted octanol–water partition coefficient (Wildman–Crippen LogP) is 5.65. The second-order valence-corrected chi connectivity index (χ2v) is 8.82. The molecule has 1 aromatic rings.